The van der Waals surface area contributed by atoms with E-state index in [9.17, 15) is 14.7 Å². The molecule has 2 heterocycles. The molecular formula is C22H34N4O3. The number of benzene rings is 1. The molecule has 1 atom stereocenters. The van der Waals surface area contributed by atoms with Gasteiger partial charge < -0.3 is 20.2 Å². The van der Waals surface area contributed by atoms with Crippen molar-refractivity contribution < 1.29 is 14.7 Å². The minimum absolute atomic E-state index is 0.00840. The Kier molecular flexibility index (Phi) is 6.80. The summed E-state index contributed by atoms with van der Waals surface area (Å²) < 4.78 is 0. The first-order chi connectivity index (χ1) is 13.8. The smallest absolute Gasteiger partial charge is 0.225 e. The largest absolute Gasteiger partial charge is 0.388 e. The molecule has 1 aromatic carbocycles. The number of carbonyl (C=O) groups excluding carboxylic acids is 2. The highest BCUT2D eigenvalue weighted by Crippen LogP contribution is 2.28. The topological polar surface area (TPSA) is 76.1 Å². The molecule has 7 nitrogen and oxygen atoms in total. The van der Waals surface area contributed by atoms with E-state index in [1.807, 2.05) is 0 Å². The quantitative estimate of drug-likeness (QED) is 0.781. The molecule has 2 aliphatic rings. The van der Waals surface area contributed by atoms with E-state index in [2.05, 4.69) is 46.3 Å². The maximum Gasteiger partial charge on any atom is 0.225 e. The van der Waals surface area contributed by atoms with Crippen molar-refractivity contribution in [3.63, 3.8) is 0 Å². The van der Waals surface area contributed by atoms with Crippen molar-refractivity contribution in [2.75, 3.05) is 57.8 Å². The van der Waals surface area contributed by atoms with Crippen molar-refractivity contribution in [2.45, 2.75) is 32.3 Å². The van der Waals surface area contributed by atoms with E-state index in [4.69, 9.17) is 0 Å². The van der Waals surface area contributed by atoms with Gasteiger partial charge in [0, 0.05) is 65.5 Å². The number of amides is 2. The molecule has 2 N–H and O–H groups in total. The third-order valence-corrected chi connectivity index (χ3v) is 6.25. The molecule has 2 aliphatic heterocycles. The zero-order valence-corrected chi connectivity index (χ0v) is 17.9. The van der Waals surface area contributed by atoms with Crippen LogP contribution < -0.4 is 10.2 Å². The predicted octanol–water partition coefficient (Wildman–Crippen LogP) is 0.853. The molecule has 2 saturated heterocycles. The third-order valence-electron chi connectivity index (χ3n) is 6.25. The Morgan fingerprint density at radius 2 is 1.90 bits per heavy atom. The molecule has 3 rings (SSSR count). The lowest BCUT2D eigenvalue weighted by Gasteiger charge is -2.42. The summed E-state index contributed by atoms with van der Waals surface area (Å²) in [4.78, 5) is 30.4. The summed E-state index contributed by atoms with van der Waals surface area (Å²) in [7, 11) is 1.63. The van der Waals surface area contributed by atoms with Crippen LogP contribution in [-0.2, 0) is 9.59 Å². The number of hydrogen-bond acceptors (Lipinski definition) is 5. The standard InChI is InChI=1S/C22H34N4O3/c1-17-5-4-6-20(13-17)25-9-7-22(29,8-10-25)16-24-11-12-26(18(2)27)15-19(14-24)21(28)23-3/h4-6,13,19,29H,7-12,14-16H2,1-3H3,(H,23,28). The van der Waals surface area contributed by atoms with E-state index in [0.29, 0.717) is 45.6 Å². The van der Waals surface area contributed by atoms with Gasteiger partial charge in [-0.05, 0) is 37.5 Å². The molecule has 2 fully saturated rings. The number of hydrogen-bond donors (Lipinski definition) is 2. The van der Waals surface area contributed by atoms with Gasteiger partial charge in [-0.3, -0.25) is 14.5 Å². The maximum absolute atomic E-state index is 12.3. The zero-order valence-electron chi connectivity index (χ0n) is 17.9. The first kappa shape index (κ1) is 21.6. The minimum Gasteiger partial charge on any atom is -0.388 e. The SMILES string of the molecule is CNC(=O)C1CN(CC2(O)CCN(c3cccc(C)c3)CC2)CCN(C(C)=O)C1. The van der Waals surface area contributed by atoms with Crippen molar-refractivity contribution >= 4 is 17.5 Å². The predicted molar refractivity (Wildman–Crippen MR) is 114 cm³/mol. The zero-order chi connectivity index (χ0) is 21.0. The number of piperidine rings is 1. The first-order valence-corrected chi connectivity index (χ1v) is 10.5. The summed E-state index contributed by atoms with van der Waals surface area (Å²) >= 11 is 0. The van der Waals surface area contributed by atoms with E-state index in [1.165, 1.54) is 11.3 Å². The van der Waals surface area contributed by atoms with E-state index in [-0.39, 0.29) is 17.7 Å². The van der Waals surface area contributed by atoms with Crippen LogP contribution >= 0.6 is 0 Å². The Hall–Kier alpha value is -2.12. The van der Waals surface area contributed by atoms with E-state index in [1.54, 1.807) is 18.9 Å². The number of rotatable bonds is 4. The van der Waals surface area contributed by atoms with Crippen molar-refractivity contribution in [3.8, 4) is 0 Å². The van der Waals surface area contributed by atoms with Gasteiger partial charge in [-0.1, -0.05) is 12.1 Å². The lowest BCUT2D eigenvalue weighted by Crippen LogP contribution is -2.52. The van der Waals surface area contributed by atoms with Gasteiger partial charge in [-0.2, -0.15) is 0 Å². The second kappa shape index (κ2) is 9.13. The molecule has 0 bridgehead atoms. The second-order valence-corrected chi connectivity index (χ2v) is 8.56. The summed E-state index contributed by atoms with van der Waals surface area (Å²) in [6, 6.07) is 8.47. The molecule has 0 spiro atoms. The Bertz CT molecular complexity index is 731. The molecule has 29 heavy (non-hydrogen) atoms. The minimum atomic E-state index is -0.765. The molecule has 1 unspecified atom stereocenters. The molecule has 1 aromatic rings. The van der Waals surface area contributed by atoms with Crippen molar-refractivity contribution in [2.24, 2.45) is 5.92 Å². The van der Waals surface area contributed by atoms with Crippen molar-refractivity contribution in [3.05, 3.63) is 29.8 Å². The number of nitrogens with one attached hydrogen (secondary N) is 1. The molecule has 160 valence electrons. The lowest BCUT2D eigenvalue weighted by molar-refractivity contribution is -0.131. The summed E-state index contributed by atoms with van der Waals surface area (Å²) in [5.74, 6) is -0.335. The molecule has 0 aromatic heterocycles. The van der Waals surface area contributed by atoms with Gasteiger partial charge in [0.05, 0.1) is 11.5 Å². The highest BCUT2D eigenvalue weighted by Gasteiger charge is 2.37. The monoisotopic (exact) mass is 402 g/mol. The van der Waals surface area contributed by atoms with Crippen LogP contribution in [0.2, 0.25) is 0 Å². The van der Waals surface area contributed by atoms with Crippen LogP contribution in [0.4, 0.5) is 5.69 Å². The van der Waals surface area contributed by atoms with E-state index < -0.39 is 5.60 Å². The summed E-state index contributed by atoms with van der Waals surface area (Å²) in [6.45, 7) is 8.07. The van der Waals surface area contributed by atoms with Gasteiger partial charge in [0.2, 0.25) is 11.8 Å². The number of carbonyl (C=O) groups is 2. The number of aliphatic hydroxyl groups is 1. The maximum atomic E-state index is 12.3. The molecule has 0 radical (unpaired) electrons. The number of nitrogens with zero attached hydrogens (tertiary/aromatic N) is 3. The van der Waals surface area contributed by atoms with Crippen LogP contribution in [0.15, 0.2) is 24.3 Å². The Labute approximate surface area is 173 Å². The molecule has 2 amide bonds. The van der Waals surface area contributed by atoms with E-state index in [0.717, 1.165) is 13.1 Å². The number of β-amino-alcohol motifs (C(OH)–C–C–N with tert-alkyl or cyclic N) is 1. The van der Waals surface area contributed by atoms with Crippen LogP contribution in [0.25, 0.3) is 0 Å². The molecular weight excluding hydrogens is 368 g/mol. The average molecular weight is 403 g/mol. The first-order valence-electron chi connectivity index (χ1n) is 10.5. The van der Waals surface area contributed by atoms with Gasteiger partial charge in [0.15, 0.2) is 0 Å². The van der Waals surface area contributed by atoms with E-state index >= 15 is 0 Å². The summed E-state index contributed by atoms with van der Waals surface area (Å²) in [5.41, 5.74) is 1.68. The van der Waals surface area contributed by atoms with Crippen molar-refractivity contribution in [1.29, 1.82) is 0 Å². The molecule has 0 saturated carbocycles. The summed E-state index contributed by atoms with van der Waals surface area (Å²) in [5, 5.41) is 14.0. The number of anilines is 1. The van der Waals surface area contributed by atoms with Crippen LogP contribution in [0.3, 0.4) is 0 Å². The fourth-order valence-corrected chi connectivity index (χ4v) is 4.46. The van der Waals surface area contributed by atoms with Crippen LogP contribution in [0.1, 0.15) is 25.3 Å². The summed E-state index contributed by atoms with van der Waals surface area (Å²) in [6.07, 6.45) is 1.39. The van der Waals surface area contributed by atoms with Crippen LogP contribution in [-0.4, -0.2) is 85.2 Å². The van der Waals surface area contributed by atoms with Gasteiger partial charge >= 0.3 is 0 Å². The number of aryl methyl sites for hydroxylation is 1. The third kappa shape index (κ3) is 5.48. The Balaban J connectivity index is 1.62. The van der Waals surface area contributed by atoms with Crippen LogP contribution in [0.5, 0.6) is 0 Å². The van der Waals surface area contributed by atoms with Gasteiger partial charge in [0.25, 0.3) is 0 Å². The fraction of sp³-hybridized carbons (Fsp3) is 0.636. The Morgan fingerprint density at radius 1 is 1.17 bits per heavy atom. The highest BCUT2D eigenvalue weighted by molar-refractivity contribution is 5.80. The lowest BCUT2D eigenvalue weighted by atomic mass is 9.90. The van der Waals surface area contributed by atoms with Gasteiger partial charge in [0.1, 0.15) is 0 Å². The molecule has 0 aliphatic carbocycles. The normalized spacial score (nSPS) is 22.8. The fourth-order valence-electron chi connectivity index (χ4n) is 4.46. The van der Waals surface area contributed by atoms with Gasteiger partial charge in [-0.15, -0.1) is 0 Å². The molecule has 7 heteroatoms. The Morgan fingerprint density at radius 3 is 2.52 bits per heavy atom. The second-order valence-electron chi connectivity index (χ2n) is 8.56. The van der Waals surface area contributed by atoms with Crippen molar-refractivity contribution in [1.82, 2.24) is 15.1 Å². The highest BCUT2D eigenvalue weighted by atomic mass is 16.3. The average Bonchev–Trinajstić information content (AvgIpc) is 2.90. The van der Waals surface area contributed by atoms with Crippen LogP contribution in [0, 0.1) is 12.8 Å². The van der Waals surface area contributed by atoms with Gasteiger partial charge in [-0.25, -0.2) is 0 Å².